The van der Waals surface area contributed by atoms with Gasteiger partial charge in [0.25, 0.3) is 18.3 Å². The maximum absolute atomic E-state index is 14.8. The second-order valence-corrected chi connectivity index (χ2v) is 11.2. The number of methoxy groups -OCH3 is 1. The van der Waals surface area contributed by atoms with E-state index in [-0.39, 0.29) is 41.5 Å². The minimum atomic E-state index is -4.00. The summed E-state index contributed by atoms with van der Waals surface area (Å²) in [6, 6.07) is 2.72. The lowest BCUT2D eigenvalue weighted by Crippen LogP contribution is -2.33. The molecule has 0 unspecified atom stereocenters. The fourth-order valence-corrected chi connectivity index (χ4v) is 5.57. The van der Waals surface area contributed by atoms with Crippen molar-refractivity contribution in [2.45, 2.75) is 56.4 Å². The molecule has 0 saturated carbocycles. The van der Waals surface area contributed by atoms with Crippen LogP contribution in [-0.4, -0.2) is 59.0 Å². The fraction of sp³-hybridized carbons (Fsp3) is 0.500. The van der Waals surface area contributed by atoms with Crippen LogP contribution in [0.2, 0.25) is 0 Å². The van der Waals surface area contributed by atoms with Crippen molar-refractivity contribution >= 4 is 27.7 Å². The van der Waals surface area contributed by atoms with Crippen LogP contribution in [0.15, 0.2) is 28.9 Å². The number of ketones is 1. The van der Waals surface area contributed by atoms with Gasteiger partial charge < -0.3 is 14.8 Å². The van der Waals surface area contributed by atoms with Crippen LogP contribution < -0.4 is 5.32 Å². The summed E-state index contributed by atoms with van der Waals surface area (Å²) in [7, 11) is 1.52. The molecule has 2 aromatic heterocycles. The molecule has 2 heterocycles. The molecular weight excluding hydrogens is 686 g/mol. The lowest BCUT2D eigenvalue weighted by Gasteiger charge is -2.29. The van der Waals surface area contributed by atoms with E-state index in [0.29, 0.717) is 23.8 Å². The first-order valence-corrected chi connectivity index (χ1v) is 14.5. The molecule has 1 N–H and O–H groups in total. The summed E-state index contributed by atoms with van der Waals surface area (Å²) >= 11 is 3.30. The number of benzene rings is 1. The molecule has 8 nitrogen and oxygen atoms in total. The van der Waals surface area contributed by atoms with E-state index < -0.39 is 84.4 Å². The molecule has 0 bridgehead atoms. The van der Waals surface area contributed by atoms with Crippen LogP contribution in [0, 0.1) is 11.6 Å². The predicted octanol–water partition coefficient (Wildman–Crippen LogP) is 6.69. The number of nitrogens with one attached hydrogen (secondary N) is 1. The molecule has 0 spiro atoms. The summed E-state index contributed by atoms with van der Waals surface area (Å²) in [6.07, 6.45) is -5.63. The predicted molar refractivity (Wildman–Crippen MR) is 148 cm³/mol. The molecule has 246 valence electrons. The maximum Gasteiger partial charge on any atom is 0.290 e. The van der Waals surface area contributed by atoms with Crippen molar-refractivity contribution < 1.29 is 49.4 Å². The van der Waals surface area contributed by atoms with Crippen molar-refractivity contribution in [1.82, 2.24) is 19.7 Å². The van der Waals surface area contributed by atoms with Gasteiger partial charge in [-0.25, -0.2) is 36.3 Å². The van der Waals surface area contributed by atoms with Crippen molar-refractivity contribution in [3.05, 3.63) is 68.7 Å². The topological polar surface area (TPSA) is 91.2 Å². The van der Waals surface area contributed by atoms with E-state index in [0.717, 1.165) is 12.1 Å². The molecule has 0 aliphatic heterocycles. The van der Waals surface area contributed by atoms with Gasteiger partial charge in [0.2, 0.25) is 5.95 Å². The molecular formula is C28H28BrF8N5O3. The Morgan fingerprint density at radius 3 is 2.40 bits per heavy atom. The molecule has 0 radical (unpaired) electrons. The first-order valence-electron chi connectivity index (χ1n) is 13.7. The van der Waals surface area contributed by atoms with Crippen molar-refractivity contribution in [1.29, 1.82) is 0 Å². The van der Waals surface area contributed by atoms with Crippen LogP contribution in [0.3, 0.4) is 0 Å². The summed E-state index contributed by atoms with van der Waals surface area (Å²) in [5, 5.41) is 6.25. The lowest BCUT2D eigenvalue weighted by atomic mass is 9.88. The number of aromatic nitrogens is 4. The first kappa shape index (κ1) is 34.7. The van der Waals surface area contributed by atoms with Crippen molar-refractivity contribution in [3.8, 4) is 0 Å². The van der Waals surface area contributed by atoms with E-state index >= 15 is 0 Å². The number of fused-ring (bicyclic) bond motifs is 1. The van der Waals surface area contributed by atoms with Gasteiger partial charge in [-0.3, -0.25) is 9.48 Å². The number of halogens is 9. The molecule has 1 atom stereocenters. The number of carbonyl (C=O) groups is 1. The highest BCUT2D eigenvalue weighted by molar-refractivity contribution is 9.10. The summed E-state index contributed by atoms with van der Waals surface area (Å²) < 4.78 is 125. The van der Waals surface area contributed by atoms with Crippen LogP contribution in [0.25, 0.3) is 0 Å². The van der Waals surface area contributed by atoms with Gasteiger partial charge in [0.15, 0.2) is 5.78 Å². The molecule has 17 heteroatoms. The number of carbonyl (C=O) groups excluding carboxylic acids is 1. The molecule has 45 heavy (non-hydrogen) atoms. The van der Waals surface area contributed by atoms with Gasteiger partial charge in [-0.1, -0.05) is 0 Å². The molecule has 0 amide bonds. The number of Topliss-reactive ketones (excluding diaryl/α,β-unsaturated/α-hetero) is 1. The standard InChI is InChI=1S/C28H28BrF8N5O3/c1-44-6-7-45-5-4-38-26-39-13-20(29)22(40-26)16(8-15-9-17(30)12-18(31)10-15)11-19(43)14-42-24-21(23(41-42)25(32)33)27(34,35)2-3-28(24,36)37/h9-10,12-13,16,25H,2-8,11,14H2,1H3,(H,38,39,40)/t16-/m1/s1. The Morgan fingerprint density at radius 2 is 1.73 bits per heavy atom. The van der Waals surface area contributed by atoms with Crippen LogP contribution in [-0.2, 0) is 39.1 Å². The number of rotatable bonds is 15. The van der Waals surface area contributed by atoms with Gasteiger partial charge >= 0.3 is 0 Å². The Hall–Kier alpha value is -3.18. The zero-order chi connectivity index (χ0) is 32.9. The van der Waals surface area contributed by atoms with Crippen molar-refractivity contribution in [2.75, 3.05) is 38.8 Å². The summed E-state index contributed by atoms with van der Waals surface area (Å²) in [5.41, 5.74) is -4.21. The quantitative estimate of drug-likeness (QED) is 0.139. The normalized spacial score (nSPS) is 16.1. The largest absolute Gasteiger partial charge is 0.382 e. The molecule has 4 rings (SSSR count). The van der Waals surface area contributed by atoms with Crippen LogP contribution in [0.1, 0.15) is 59.8 Å². The zero-order valence-corrected chi connectivity index (χ0v) is 25.3. The molecule has 3 aromatic rings. The van der Waals surface area contributed by atoms with Crippen molar-refractivity contribution in [2.24, 2.45) is 0 Å². The second kappa shape index (κ2) is 14.5. The Morgan fingerprint density at radius 1 is 1.04 bits per heavy atom. The van der Waals surface area contributed by atoms with Crippen LogP contribution in [0.4, 0.5) is 41.1 Å². The number of ether oxygens (including phenoxy) is 2. The molecule has 0 fully saturated rings. The van der Waals surface area contributed by atoms with Gasteiger partial charge in [-0.15, -0.1) is 0 Å². The minimum Gasteiger partial charge on any atom is -0.382 e. The Kier molecular flexibility index (Phi) is 11.2. The number of hydrogen-bond acceptors (Lipinski definition) is 7. The number of nitrogens with zero attached hydrogens (tertiary/aromatic N) is 4. The summed E-state index contributed by atoms with van der Waals surface area (Å²) in [6.45, 7) is 0.239. The zero-order valence-electron chi connectivity index (χ0n) is 23.7. The SMILES string of the molecule is COCCOCCNc1ncc(Br)c([C@@H](CC(=O)Cn2nc(C(F)F)c3c2C(F)(F)CCC3(F)F)Cc2cc(F)cc(F)c2)n1. The minimum absolute atomic E-state index is 0.107. The second-order valence-electron chi connectivity index (χ2n) is 10.4. The van der Waals surface area contributed by atoms with E-state index in [1.165, 1.54) is 13.3 Å². The van der Waals surface area contributed by atoms with Gasteiger partial charge in [0.05, 0.1) is 35.6 Å². The third-order valence-electron chi connectivity index (χ3n) is 6.98. The number of anilines is 1. The van der Waals surface area contributed by atoms with E-state index in [1.54, 1.807) is 0 Å². The highest BCUT2D eigenvalue weighted by Crippen LogP contribution is 2.52. The van der Waals surface area contributed by atoms with E-state index in [1.807, 2.05) is 0 Å². The highest BCUT2D eigenvalue weighted by atomic mass is 79.9. The monoisotopic (exact) mass is 713 g/mol. The van der Waals surface area contributed by atoms with E-state index in [4.69, 9.17) is 9.47 Å². The van der Waals surface area contributed by atoms with Crippen LogP contribution in [0.5, 0.6) is 0 Å². The lowest BCUT2D eigenvalue weighted by molar-refractivity contribution is -0.121. The third kappa shape index (κ3) is 8.55. The Bertz CT molecular complexity index is 1490. The van der Waals surface area contributed by atoms with Gasteiger partial charge in [0.1, 0.15) is 29.6 Å². The Balaban J connectivity index is 1.63. The molecule has 1 aliphatic rings. The molecule has 1 aromatic carbocycles. The first-order chi connectivity index (χ1) is 21.2. The summed E-state index contributed by atoms with van der Waals surface area (Å²) in [4.78, 5) is 21.9. The van der Waals surface area contributed by atoms with E-state index in [2.05, 4.69) is 36.3 Å². The fourth-order valence-electron chi connectivity index (χ4n) is 5.05. The Labute approximate surface area is 260 Å². The van der Waals surface area contributed by atoms with Gasteiger partial charge in [-0.05, 0) is 40.0 Å². The third-order valence-corrected chi connectivity index (χ3v) is 7.59. The van der Waals surface area contributed by atoms with Gasteiger partial charge in [0, 0.05) is 51.1 Å². The average Bonchev–Trinajstić information content (AvgIpc) is 3.35. The molecule has 1 aliphatic carbocycles. The maximum atomic E-state index is 14.8. The van der Waals surface area contributed by atoms with Crippen molar-refractivity contribution in [3.63, 3.8) is 0 Å². The van der Waals surface area contributed by atoms with Crippen LogP contribution >= 0.6 is 15.9 Å². The van der Waals surface area contributed by atoms with E-state index in [9.17, 15) is 39.9 Å². The molecule has 0 saturated heterocycles. The average molecular weight is 714 g/mol. The van der Waals surface area contributed by atoms with Gasteiger partial charge in [-0.2, -0.15) is 13.9 Å². The highest BCUT2D eigenvalue weighted by Gasteiger charge is 2.55. The smallest absolute Gasteiger partial charge is 0.290 e. The number of alkyl halides is 6. The number of hydrogen-bond donors (Lipinski definition) is 1. The summed E-state index contributed by atoms with van der Waals surface area (Å²) in [5.74, 6) is -11.4.